The molecule has 1 atom stereocenters. The van der Waals surface area contributed by atoms with Crippen molar-refractivity contribution >= 4 is 31.7 Å². The number of carbonyl (C=O) groups excluding carboxylic acids is 1. The van der Waals surface area contributed by atoms with Gasteiger partial charge in [-0.2, -0.15) is 0 Å². The number of hydrogen-bond donors (Lipinski definition) is 0. The molecule has 0 bridgehead atoms. The van der Waals surface area contributed by atoms with Gasteiger partial charge < -0.3 is 9.47 Å². The summed E-state index contributed by atoms with van der Waals surface area (Å²) in [6, 6.07) is 7.34. The smallest absolute Gasteiger partial charge is 0.310 e. The molecular formula is C13H15BrO5S. The third kappa shape index (κ3) is 4.49. The molecule has 110 valence electrons. The van der Waals surface area contributed by atoms with Crippen molar-refractivity contribution in [1.82, 2.24) is 0 Å². The molecule has 1 aromatic carbocycles. The molecule has 0 spiro atoms. The minimum absolute atomic E-state index is 0.0707. The van der Waals surface area contributed by atoms with Gasteiger partial charge in [-0.1, -0.05) is 22.0 Å². The largest absolute Gasteiger partial charge is 0.490 e. The van der Waals surface area contributed by atoms with Crippen molar-refractivity contribution in [2.45, 2.75) is 6.42 Å². The van der Waals surface area contributed by atoms with E-state index in [4.69, 9.17) is 9.47 Å². The first-order valence-electron chi connectivity index (χ1n) is 6.22. The summed E-state index contributed by atoms with van der Waals surface area (Å²) in [5.41, 5.74) is 0. The molecule has 0 saturated carbocycles. The number of benzene rings is 1. The Morgan fingerprint density at radius 3 is 2.80 bits per heavy atom. The van der Waals surface area contributed by atoms with Crippen molar-refractivity contribution in [3.05, 3.63) is 28.7 Å². The molecule has 0 aliphatic carbocycles. The minimum atomic E-state index is -3.06. The highest BCUT2D eigenvalue weighted by Gasteiger charge is 2.33. The fraction of sp³-hybridized carbons (Fsp3) is 0.462. The van der Waals surface area contributed by atoms with Crippen molar-refractivity contribution < 1.29 is 22.7 Å². The van der Waals surface area contributed by atoms with E-state index in [0.717, 1.165) is 4.47 Å². The second-order valence-electron chi connectivity index (χ2n) is 4.57. The van der Waals surface area contributed by atoms with Crippen LogP contribution in [-0.2, 0) is 19.4 Å². The predicted molar refractivity (Wildman–Crippen MR) is 77.4 cm³/mol. The van der Waals surface area contributed by atoms with Gasteiger partial charge in [0.25, 0.3) is 0 Å². The van der Waals surface area contributed by atoms with E-state index in [2.05, 4.69) is 15.9 Å². The molecule has 0 amide bonds. The molecule has 1 saturated heterocycles. The fourth-order valence-electron chi connectivity index (χ4n) is 1.96. The lowest BCUT2D eigenvalue weighted by atomic mass is 10.1. The third-order valence-corrected chi connectivity index (χ3v) is 5.22. The Hall–Kier alpha value is -1.08. The van der Waals surface area contributed by atoms with E-state index in [1.165, 1.54) is 0 Å². The molecular weight excluding hydrogens is 348 g/mol. The van der Waals surface area contributed by atoms with Gasteiger partial charge in [-0.3, -0.25) is 4.79 Å². The van der Waals surface area contributed by atoms with Gasteiger partial charge in [0.1, 0.15) is 19.0 Å². The van der Waals surface area contributed by atoms with Crippen LogP contribution in [-0.4, -0.2) is 39.1 Å². The lowest BCUT2D eigenvalue weighted by Crippen LogP contribution is -2.21. The molecule has 0 radical (unpaired) electrons. The molecule has 5 nitrogen and oxygen atoms in total. The van der Waals surface area contributed by atoms with Gasteiger partial charge in [0, 0.05) is 4.47 Å². The highest BCUT2D eigenvalue weighted by molar-refractivity contribution is 9.10. The van der Waals surface area contributed by atoms with Crippen LogP contribution >= 0.6 is 15.9 Å². The number of sulfone groups is 1. The number of rotatable bonds is 5. The van der Waals surface area contributed by atoms with Crippen molar-refractivity contribution in [2.24, 2.45) is 5.92 Å². The molecule has 2 rings (SSSR count). The van der Waals surface area contributed by atoms with Gasteiger partial charge in [-0.15, -0.1) is 0 Å². The van der Waals surface area contributed by atoms with Gasteiger partial charge in [-0.25, -0.2) is 8.42 Å². The maximum absolute atomic E-state index is 11.6. The quantitative estimate of drug-likeness (QED) is 0.590. The number of ether oxygens (including phenoxy) is 2. The first kappa shape index (κ1) is 15.3. The fourth-order valence-corrected chi connectivity index (χ4v) is 4.06. The Morgan fingerprint density at radius 1 is 1.35 bits per heavy atom. The summed E-state index contributed by atoms with van der Waals surface area (Å²) in [6.45, 7) is 0.351. The normalized spacial score (nSPS) is 20.6. The Kier molecular flexibility index (Phi) is 5.04. The molecule has 1 fully saturated rings. The average Bonchev–Trinajstić information content (AvgIpc) is 2.75. The SMILES string of the molecule is O=C(OCCOc1cccc(Br)c1)C1CCS(=O)(=O)C1. The second-order valence-corrected chi connectivity index (χ2v) is 7.72. The van der Waals surface area contributed by atoms with E-state index in [9.17, 15) is 13.2 Å². The molecule has 7 heteroatoms. The van der Waals surface area contributed by atoms with Crippen molar-refractivity contribution in [1.29, 1.82) is 0 Å². The zero-order valence-corrected chi connectivity index (χ0v) is 13.2. The van der Waals surface area contributed by atoms with E-state index in [-0.39, 0.29) is 24.7 Å². The zero-order chi connectivity index (χ0) is 14.6. The van der Waals surface area contributed by atoms with Crippen LogP contribution in [0.15, 0.2) is 28.7 Å². The highest BCUT2D eigenvalue weighted by Crippen LogP contribution is 2.20. The van der Waals surface area contributed by atoms with E-state index in [1.807, 2.05) is 18.2 Å². The third-order valence-electron chi connectivity index (χ3n) is 2.96. The number of carbonyl (C=O) groups is 1. The molecule has 1 heterocycles. The van der Waals surface area contributed by atoms with E-state index in [1.54, 1.807) is 6.07 Å². The molecule has 0 N–H and O–H groups in total. The molecule has 20 heavy (non-hydrogen) atoms. The topological polar surface area (TPSA) is 69.7 Å². The monoisotopic (exact) mass is 362 g/mol. The molecule has 1 unspecified atom stereocenters. The Morgan fingerprint density at radius 2 is 2.15 bits per heavy atom. The van der Waals surface area contributed by atoms with Crippen LogP contribution in [0.4, 0.5) is 0 Å². The van der Waals surface area contributed by atoms with Crippen LogP contribution in [0.2, 0.25) is 0 Å². The van der Waals surface area contributed by atoms with Crippen LogP contribution in [0.5, 0.6) is 5.75 Å². The molecule has 0 aromatic heterocycles. The van der Waals surface area contributed by atoms with Crippen molar-refractivity contribution in [3.8, 4) is 5.75 Å². The second kappa shape index (κ2) is 6.58. The maximum atomic E-state index is 11.6. The summed E-state index contributed by atoms with van der Waals surface area (Å²) in [4.78, 5) is 11.6. The summed E-state index contributed by atoms with van der Waals surface area (Å²) >= 11 is 3.33. The molecule has 1 aliphatic rings. The number of esters is 1. The van der Waals surface area contributed by atoms with E-state index >= 15 is 0 Å². The summed E-state index contributed by atoms with van der Waals surface area (Å²) in [5, 5.41) is 0. The highest BCUT2D eigenvalue weighted by atomic mass is 79.9. The maximum Gasteiger partial charge on any atom is 0.310 e. The molecule has 1 aliphatic heterocycles. The zero-order valence-electron chi connectivity index (χ0n) is 10.7. The summed E-state index contributed by atoms with van der Waals surface area (Å²) in [7, 11) is -3.06. The Balaban J connectivity index is 1.70. The average molecular weight is 363 g/mol. The van der Waals surface area contributed by atoms with Gasteiger partial charge in [0.15, 0.2) is 9.84 Å². The van der Waals surface area contributed by atoms with Gasteiger partial charge in [0.05, 0.1) is 17.4 Å². The van der Waals surface area contributed by atoms with Crippen LogP contribution in [0.1, 0.15) is 6.42 Å². The lowest BCUT2D eigenvalue weighted by molar-refractivity contribution is -0.148. The number of halogens is 1. The van der Waals surface area contributed by atoms with Gasteiger partial charge >= 0.3 is 5.97 Å². The summed E-state index contributed by atoms with van der Waals surface area (Å²) in [6.07, 6.45) is 0.355. The first-order chi connectivity index (χ1) is 9.46. The van der Waals surface area contributed by atoms with Crippen LogP contribution in [0.25, 0.3) is 0 Å². The number of hydrogen-bond acceptors (Lipinski definition) is 5. The van der Waals surface area contributed by atoms with Crippen molar-refractivity contribution in [2.75, 3.05) is 24.7 Å². The summed E-state index contributed by atoms with van der Waals surface area (Å²) in [5.74, 6) is -0.326. The van der Waals surface area contributed by atoms with Crippen LogP contribution in [0.3, 0.4) is 0 Å². The molecule has 1 aromatic rings. The Labute approximate surface area is 126 Å². The van der Waals surface area contributed by atoms with Crippen LogP contribution < -0.4 is 4.74 Å². The Bertz CT molecular complexity index is 584. The summed E-state index contributed by atoms with van der Waals surface area (Å²) < 4.78 is 33.9. The lowest BCUT2D eigenvalue weighted by Gasteiger charge is -2.10. The first-order valence-corrected chi connectivity index (χ1v) is 8.83. The van der Waals surface area contributed by atoms with Gasteiger partial charge in [0.2, 0.25) is 0 Å². The van der Waals surface area contributed by atoms with E-state index in [0.29, 0.717) is 12.2 Å². The predicted octanol–water partition coefficient (Wildman–Crippen LogP) is 1.81. The standard InChI is InChI=1S/C13H15BrO5S/c14-11-2-1-3-12(8-11)18-5-6-19-13(15)10-4-7-20(16,17)9-10/h1-3,8,10H,4-7,9H2. The van der Waals surface area contributed by atoms with Gasteiger partial charge in [-0.05, 0) is 24.6 Å². The van der Waals surface area contributed by atoms with Crippen LogP contribution in [0, 0.1) is 5.92 Å². The minimum Gasteiger partial charge on any atom is -0.490 e. The van der Waals surface area contributed by atoms with E-state index < -0.39 is 21.7 Å². The van der Waals surface area contributed by atoms with Crippen molar-refractivity contribution in [3.63, 3.8) is 0 Å².